The standard InChI is InChI=1S/C34H51N5O7/c1-20(2)17-26-33(44)39-16-12-15-25(39)30(41)36-24(18-23-13-10-9-11-14-23)32(43)38(8)29(22(5)6)34(45)37(7)28(21(3)4)31(42)35-19-27(40)46-26/h9-11,13-14,20-22,24-26,28-29H,12,15-19H2,1-8H3,(H,35,42)(H,36,41)/t24-,25-,26-,28-,29-/m0/s1. The molecule has 12 heteroatoms. The number of rotatable bonds is 6. The van der Waals surface area contributed by atoms with E-state index in [9.17, 15) is 28.8 Å². The topological polar surface area (TPSA) is 145 Å². The highest BCUT2D eigenvalue weighted by Crippen LogP contribution is 2.24. The van der Waals surface area contributed by atoms with Crippen LogP contribution in [0.1, 0.15) is 66.4 Å². The van der Waals surface area contributed by atoms with Gasteiger partial charge in [-0.1, -0.05) is 71.9 Å². The molecule has 0 aromatic heterocycles. The number of likely N-dealkylation sites (N-methyl/N-ethyl adjacent to an activating group) is 2. The molecule has 5 amide bonds. The first-order valence-electron chi connectivity index (χ1n) is 16.3. The van der Waals surface area contributed by atoms with E-state index in [0.29, 0.717) is 19.4 Å². The van der Waals surface area contributed by atoms with E-state index in [1.165, 1.54) is 28.8 Å². The fourth-order valence-electron chi connectivity index (χ4n) is 6.45. The van der Waals surface area contributed by atoms with E-state index in [0.717, 1.165) is 5.56 Å². The molecule has 3 rings (SSSR count). The highest BCUT2D eigenvalue weighted by Gasteiger charge is 2.43. The lowest BCUT2D eigenvalue weighted by Crippen LogP contribution is -2.61. The summed E-state index contributed by atoms with van der Waals surface area (Å²) in [6.45, 7) is 10.8. The van der Waals surface area contributed by atoms with Crippen molar-refractivity contribution in [3.63, 3.8) is 0 Å². The molecule has 2 saturated heterocycles. The van der Waals surface area contributed by atoms with Gasteiger partial charge in [0.15, 0.2) is 6.10 Å². The molecular weight excluding hydrogens is 590 g/mol. The van der Waals surface area contributed by atoms with Crippen molar-refractivity contribution >= 4 is 35.5 Å². The highest BCUT2D eigenvalue weighted by molar-refractivity contribution is 5.97. The molecule has 1 aromatic carbocycles. The average molecular weight is 642 g/mol. The Bertz CT molecular complexity index is 1270. The second-order valence-corrected chi connectivity index (χ2v) is 13.5. The summed E-state index contributed by atoms with van der Waals surface area (Å²) in [6, 6.07) is 5.43. The van der Waals surface area contributed by atoms with E-state index >= 15 is 0 Å². The first kappa shape index (κ1) is 36.5. The molecule has 2 heterocycles. The molecule has 254 valence electrons. The van der Waals surface area contributed by atoms with E-state index in [4.69, 9.17) is 4.74 Å². The second kappa shape index (κ2) is 16.0. The third kappa shape index (κ3) is 8.85. The molecule has 5 atom stereocenters. The molecule has 1 aromatic rings. The first-order valence-corrected chi connectivity index (χ1v) is 16.3. The number of benzene rings is 1. The molecule has 2 aliphatic heterocycles. The normalized spacial score (nSPS) is 26.2. The van der Waals surface area contributed by atoms with Crippen molar-refractivity contribution < 1.29 is 33.5 Å². The van der Waals surface area contributed by atoms with E-state index in [-0.39, 0.29) is 30.6 Å². The number of cyclic esters (lactones) is 1. The van der Waals surface area contributed by atoms with Crippen LogP contribution in [-0.2, 0) is 39.9 Å². The van der Waals surface area contributed by atoms with Crippen LogP contribution in [0, 0.1) is 17.8 Å². The van der Waals surface area contributed by atoms with Crippen molar-refractivity contribution in [3.8, 4) is 0 Å². The number of fused-ring (bicyclic) bond motifs is 1. The number of esters is 1. The lowest BCUT2D eigenvalue weighted by molar-refractivity contribution is -0.162. The van der Waals surface area contributed by atoms with Crippen molar-refractivity contribution in [2.45, 2.75) is 97.5 Å². The largest absolute Gasteiger partial charge is 0.451 e. The zero-order chi connectivity index (χ0) is 34.3. The minimum Gasteiger partial charge on any atom is -0.451 e. The van der Waals surface area contributed by atoms with Gasteiger partial charge in [0.05, 0.1) is 0 Å². The van der Waals surface area contributed by atoms with Crippen LogP contribution >= 0.6 is 0 Å². The Hall–Kier alpha value is -3.96. The monoisotopic (exact) mass is 641 g/mol. The summed E-state index contributed by atoms with van der Waals surface area (Å²) >= 11 is 0. The Morgan fingerprint density at radius 3 is 2.00 bits per heavy atom. The van der Waals surface area contributed by atoms with Crippen LogP contribution < -0.4 is 10.6 Å². The van der Waals surface area contributed by atoms with Crippen molar-refractivity contribution in [2.75, 3.05) is 27.2 Å². The molecule has 0 saturated carbocycles. The molecule has 2 fully saturated rings. The van der Waals surface area contributed by atoms with Gasteiger partial charge < -0.3 is 30.1 Å². The van der Waals surface area contributed by atoms with Gasteiger partial charge in [0.2, 0.25) is 23.6 Å². The maximum Gasteiger partial charge on any atom is 0.326 e. The smallest absolute Gasteiger partial charge is 0.326 e. The Kier molecular flexibility index (Phi) is 12.7. The van der Waals surface area contributed by atoms with Gasteiger partial charge in [0.1, 0.15) is 30.7 Å². The Morgan fingerprint density at radius 1 is 0.804 bits per heavy atom. The maximum atomic E-state index is 14.2. The zero-order valence-electron chi connectivity index (χ0n) is 28.4. The minimum absolute atomic E-state index is 0.00798. The molecule has 2 N–H and O–H groups in total. The van der Waals surface area contributed by atoms with E-state index < -0.39 is 72.3 Å². The van der Waals surface area contributed by atoms with Crippen LogP contribution in [0.2, 0.25) is 0 Å². The van der Waals surface area contributed by atoms with Crippen LogP contribution in [0.5, 0.6) is 0 Å². The maximum absolute atomic E-state index is 14.2. The molecule has 12 nitrogen and oxygen atoms in total. The second-order valence-electron chi connectivity index (χ2n) is 13.5. The number of nitrogens with zero attached hydrogens (tertiary/aromatic N) is 3. The molecule has 0 spiro atoms. The number of amides is 5. The summed E-state index contributed by atoms with van der Waals surface area (Å²) in [4.78, 5) is 86.4. The SMILES string of the molecule is CC(C)C[C@@H]1OC(=O)CNC(=O)[C@H](C(C)C)N(C)C(=O)[C@H](C(C)C)N(C)C(=O)[C@H](Cc2ccccc2)NC(=O)[C@@H]2CCCN2C1=O. The Labute approximate surface area is 272 Å². The molecule has 2 aliphatic rings. The average Bonchev–Trinajstić information content (AvgIpc) is 3.48. The third-order valence-electron chi connectivity index (χ3n) is 8.69. The number of carbonyl (C=O) groups is 6. The lowest BCUT2D eigenvalue weighted by atomic mass is 9.96. The number of carbonyl (C=O) groups excluding carboxylic acids is 6. The van der Waals surface area contributed by atoms with Crippen molar-refractivity contribution in [1.82, 2.24) is 25.3 Å². The summed E-state index contributed by atoms with van der Waals surface area (Å²) in [5, 5.41) is 5.49. The number of hydrogen-bond acceptors (Lipinski definition) is 7. The van der Waals surface area contributed by atoms with Crippen LogP contribution in [0.25, 0.3) is 0 Å². The van der Waals surface area contributed by atoms with Gasteiger partial charge in [-0.3, -0.25) is 28.8 Å². The first-order chi connectivity index (χ1) is 21.6. The Balaban J connectivity index is 2.09. The van der Waals surface area contributed by atoms with E-state index in [2.05, 4.69) is 10.6 Å². The van der Waals surface area contributed by atoms with Crippen molar-refractivity contribution in [3.05, 3.63) is 35.9 Å². The molecular formula is C34H51N5O7. The minimum atomic E-state index is -1.15. The van der Waals surface area contributed by atoms with Gasteiger partial charge in [-0.05, 0) is 42.6 Å². The summed E-state index contributed by atoms with van der Waals surface area (Å²) < 4.78 is 5.62. The summed E-state index contributed by atoms with van der Waals surface area (Å²) in [5.41, 5.74) is 0.807. The molecule has 0 bridgehead atoms. The van der Waals surface area contributed by atoms with Crippen molar-refractivity contribution in [2.24, 2.45) is 17.8 Å². The molecule has 0 radical (unpaired) electrons. The number of nitrogens with one attached hydrogen (secondary N) is 2. The predicted octanol–water partition coefficient (Wildman–Crippen LogP) is 1.76. The lowest BCUT2D eigenvalue weighted by Gasteiger charge is -2.38. The quantitative estimate of drug-likeness (QED) is 0.451. The summed E-state index contributed by atoms with van der Waals surface area (Å²) in [7, 11) is 3.04. The van der Waals surface area contributed by atoms with Gasteiger partial charge in [-0.15, -0.1) is 0 Å². The number of hydrogen-bond donors (Lipinski definition) is 2. The third-order valence-corrected chi connectivity index (χ3v) is 8.69. The zero-order valence-corrected chi connectivity index (χ0v) is 28.4. The predicted molar refractivity (Wildman–Crippen MR) is 172 cm³/mol. The molecule has 46 heavy (non-hydrogen) atoms. The van der Waals surface area contributed by atoms with Gasteiger partial charge in [0.25, 0.3) is 5.91 Å². The summed E-state index contributed by atoms with van der Waals surface area (Å²) in [6.07, 6.45) is 0.182. The van der Waals surface area contributed by atoms with Gasteiger partial charge in [-0.2, -0.15) is 0 Å². The van der Waals surface area contributed by atoms with Crippen LogP contribution in [0.15, 0.2) is 30.3 Å². The van der Waals surface area contributed by atoms with Gasteiger partial charge in [0, 0.05) is 27.1 Å². The van der Waals surface area contributed by atoms with E-state index in [1.54, 1.807) is 13.8 Å². The van der Waals surface area contributed by atoms with Crippen LogP contribution in [0.3, 0.4) is 0 Å². The fourth-order valence-corrected chi connectivity index (χ4v) is 6.45. The Morgan fingerprint density at radius 2 is 1.41 bits per heavy atom. The highest BCUT2D eigenvalue weighted by atomic mass is 16.5. The van der Waals surface area contributed by atoms with Gasteiger partial charge in [-0.25, -0.2) is 0 Å². The van der Waals surface area contributed by atoms with Crippen molar-refractivity contribution in [1.29, 1.82) is 0 Å². The van der Waals surface area contributed by atoms with Gasteiger partial charge >= 0.3 is 5.97 Å². The van der Waals surface area contributed by atoms with E-state index in [1.807, 2.05) is 58.0 Å². The summed E-state index contributed by atoms with van der Waals surface area (Å²) in [5.74, 6) is -3.91. The molecule has 0 unspecified atom stereocenters. The van der Waals surface area contributed by atoms with Crippen LogP contribution in [0.4, 0.5) is 0 Å². The fraction of sp³-hybridized carbons (Fsp3) is 0.647. The molecule has 0 aliphatic carbocycles. The number of ether oxygens (including phenoxy) is 1. The van der Waals surface area contributed by atoms with Crippen LogP contribution in [-0.4, -0.2) is 108 Å².